The molecule has 0 bridgehead atoms. The summed E-state index contributed by atoms with van der Waals surface area (Å²) < 4.78 is 1.78. The van der Waals surface area contributed by atoms with Gasteiger partial charge in [0.1, 0.15) is 0 Å². The molecule has 3 aromatic heterocycles. The number of aromatic nitrogens is 3. The van der Waals surface area contributed by atoms with Crippen LogP contribution in [0.25, 0.3) is 5.65 Å². The van der Waals surface area contributed by atoms with E-state index in [9.17, 15) is 9.59 Å². The molecule has 0 saturated heterocycles. The van der Waals surface area contributed by atoms with Crippen molar-refractivity contribution < 1.29 is 9.59 Å². The summed E-state index contributed by atoms with van der Waals surface area (Å²) in [5, 5.41) is 8.41. The van der Waals surface area contributed by atoms with Crippen molar-refractivity contribution in [1.29, 1.82) is 0 Å². The number of rotatable bonds is 5. The maximum Gasteiger partial charge on any atom is 0.258 e. The van der Waals surface area contributed by atoms with Crippen molar-refractivity contribution in [2.75, 3.05) is 10.6 Å². The molecule has 0 aliphatic heterocycles. The van der Waals surface area contributed by atoms with Crippen LogP contribution in [0.3, 0.4) is 0 Å². The molecule has 0 radical (unpaired) electrons. The quantitative estimate of drug-likeness (QED) is 0.394. The van der Waals surface area contributed by atoms with E-state index in [1.165, 1.54) is 11.3 Å². The zero-order valence-electron chi connectivity index (χ0n) is 16.1. The predicted octanol–water partition coefficient (Wildman–Crippen LogP) is 5.26. The Kier molecular flexibility index (Phi) is 7.17. The Balaban J connectivity index is 0.00000272. The van der Waals surface area contributed by atoms with Crippen molar-refractivity contribution in [2.24, 2.45) is 0 Å². The number of nitrogens with one attached hydrogen (secondary N) is 2. The minimum absolute atomic E-state index is 0. The highest BCUT2D eigenvalue weighted by molar-refractivity contribution is 7.13. The van der Waals surface area contributed by atoms with Gasteiger partial charge < -0.3 is 15.0 Å². The molecule has 0 aliphatic rings. The number of carbonyl (C=O) groups excluding carboxylic acids is 2. The number of hydrogen-bond acceptors (Lipinski definition) is 5. The fourth-order valence-electron chi connectivity index (χ4n) is 3.04. The van der Waals surface area contributed by atoms with Crippen LogP contribution in [-0.2, 0) is 11.2 Å². The van der Waals surface area contributed by atoms with Gasteiger partial charge in [0.25, 0.3) is 5.91 Å². The molecular formula is C20H16Cl3N5O2S. The van der Waals surface area contributed by atoms with Crippen LogP contribution in [-0.4, -0.2) is 26.2 Å². The number of pyridine rings is 1. The number of amides is 2. The van der Waals surface area contributed by atoms with Crippen molar-refractivity contribution >= 4 is 75.2 Å². The molecule has 0 unspecified atom stereocenters. The van der Waals surface area contributed by atoms with Gasteiger partial charge in [-0.25, -0.2) is 9.97 Å². The van der Waals surface area contributed by atoms with E-state index in [1.54, 1.807) is 52.5 Å². The van der Waals surface area contributed by atoms with Gasteiger partial charge in [-0.3, -0.25) is 9.59 Å². The van der Waals surface area contributed by atoms with Crippen LogP contribution < -0.4 is 10.6 Å². The SMILES string of the molecule is Cc1nc2c(NC(=O)c3c(Cl)cccc3Cl)cccn2c1CC(=O)Nc1nccs1.Cl. The maximum absolute atomic E-state index is 12.8. The molecule has 2 N–H and O–H groups in total. The number of imidazole rings is 1. The third-order valence-corrected chi connectivity index (χ3v) is 5.71. The molecule has 0 spiro atoms. The summed E-state index contributed by atoms with van der Waals surface area (Å²) in [5.41, 5.74) is 2.58. The van der Waals surface area contributed by atoms with E-state index in [0.717, 1.165) is 0 Å². The van der Waals surface area contributed by atoms with Crippen LogP contribution in [0.2, 0.25) is 10.0 Å². The van der Waals surface area contributed by atoms with E-state index in [2.05, 4.69) is 20.6 Å². The van der Waals surface area contributed by atoms with Crippen molar-refractivity contribution in [3.05, 3.63) is 75.1 Å². The van der Waals surface area contributed by atoms with Crippen molar-refractivity contribution in [3.63, 3.8) is 0 Å². The van der Waals surface area contributed by atoms with Crippen LogP contribution in [0.5, 0.6) is 0 Å². The lowest BCUT2D eigenvalue weighted by Crippen LogP contribution is -2.16. The van der Waals surface area contributed by atoms with E-state index in [0.29, 0.717) is 27.9 Å². The van der Waals surface area contributed by atoms with E-state index in [-0.39, 0.29) is 40.3 Å². The third kappa shape index (κ3) is 4.83. The Morgan fingerprint density at radius 1 is 1.13 bits per heavy atom. The summed E-state index contributed by atoms with van der Waals surface area (Å²) >= 11 is 13.6. The summed E-state index contributed by atoms with van der Waals surface area (Å²) in [6.07, 6.45) is 3.53. The Morgan fingerprint density at radius 2 is 1.87 bits per heavy atom. The molecule has 2 amide bonds. The Hall–Kier alpha value is -2.65. The molecule has 7 nitrogen and oxygen atoms in total. The lowest BCUT2D eigenvalue weighted by atomic mass is 10.2. The zero-order valence-corrected chi connectivity index (χ0v) is 19.2. The van der Waals surface area contributed by atoms with Gasteiger partial charge in [0.2, 0.25) is 5.91 Å². The second kappa shape index (κ2) is 9.65. The molecule has 1 aromatic carbocycles. The number of benzene rings is 1. The van der Waals surface area contributed by atoms with Gasteiger partial charge in [0, 0.05) is 17.8 Å². The molecule has 11 heteroatoms. The lowest BCUT2D eigenvalue weighted by Gasteiger charge is -2.10. The third-order valence-electron chi connectivity index (χ3n) is 4.39. The number of fused-ring (bicyclic) bond motifs is 1. The van der Waals surface area contributed by atoms with Crippen molar-refractivity contribution in [1.82, 2.24) is 14.4 Å². The Morgan fingerprint density at radius 3 is 2.55 bits per heavy atom. The van der Waals surface area contributed by atoms with Gasteiger partial charge in [-0.2, -0.15) is 0 Å². The topological polar surface area (TPSA) is 88.4 Å². The molecule has 4 aromatic rings. The highest BCUT2D eigenvalue weighted by Gasteiger charge is 2.19. The first-order chi connectivity index (χ1) is 14.4. The summed E-state index contributed by atoms with van der Waals surface area (Å²) in [7, 11) is 0. The molecule has 0 aliphatic carbocycles. The number of anilines is 2. The van der Waals surface area contributed by atoms with Gasteiger partial charge in [-0.15, -0.1) is 23.7 Å². The molecular weight excluding hydrogens is 481 g/mol. The van der Waals surface area contributed by atoms with E-state index in [4.69, 9.17) is 23.2 Å². The summed E-state index contributed by atoms with van der Waals surface area (Å²) in [4.78, 5) is 33.8. The fraction of sp³-hybridized carbons (Fsp3) is 0.100. The van der Waals surface area contributed by atoms with Crippen molar-refractivity contribution in [3.8, 4) is 0 Å². The number of aryl methyl sites for hydroxylation is 1. The Labute approximate surface area is 197 Å². The number of hydrogen-bond donors (Lipinski definition) is 2. The fourth-order valence-corrected chi connectivity index (χ4v) is 4.15. The van der Waals surface area contributed by atoms with Gasteiger partial charge in [-0.1, -0.05) is 29.3 Å². The smallest absolute Gasteiger partial charge is 0.258 e. The second-order valence-corrected chi connectivity index (χ2v) is 8.08. The zero-order chi connectivity index (χ0) is 21.3. The van der Waals surface area contributed by atoms with Gasteiger partial charge in [0.05, 0.1) is 39.1 Å². The monoisotopic (exact) mass is 495 g/mol. The molecule has 0 saturated carbocycles. The highest BCUT2D eigenvalue weighted by Crippen LogP contribution is 2.27. The normalized spacial score (nSPS) is 10.5. The first-order valence-electron chi connectivity index (χ1n) is 8.85. The first kappa shape index (κ1) is 23.0. The molecule has 31 heavy (non-hydrogen) atoms. The van der Waals surface area contributed by atoms with Gasteiger partial charge in [0.15, 0.2) is 10.8 Å². The summed E-state index contributed by atoms with van der Waals surface area (Å²) in [6, 6.07) is 8.36. The van der Waals surface area contributed by atoms with E-state index in [1.807, 2.05) is 6.92 Å². The minimum atomic E-state index is -0.442. The molecule has 3 heterocycles. The van der Waals surface area contributed by atoms with Crippen LogP contribution in [0.15, 0.2) is 48.1 Å². The van der Waals surface area contributed by atoms with Crippen LogP contribution in [0.1, 0.15) is 21.7 Å². The largest absolute Gasteiger partial charge is 0.319 e. The average molecular weight is 497 g/mol. The maximum atomic E-state index is 12.8. The predicted molar refractivity (Wildman–Crippen MR) is 126 cm³/mol. The number of thiazole rings is 1. The van der Waals surface area contributed by atoms with Crippen LogP contribution in [0.4, 0.5) is 10.8 Å². The van der Waals surface area contributed by atoms with Crippen LogP contribution >= 0.6 is 46.9 Å². The molecule has 4 rings (SSSR count). The van der Waals surface area contributed by atoms with Gasteiger partial charge >= 0.3 is 0 Å². The highest BCUT2D eigenvalue weighted by atomic mass is 35.5. The average Bonchev–Trinajstić information content (AvgIpc) is 3.31. The van der Waals surface area contributed by atoms with E-state index >= 15 is 0 Å². The second-order valence-electron chi connectivity index (χ2n) is 6.37. The summed E-state index contributed by atoms with van der Waals surface area (Å²) in [6.45, 7) is 1.82. The first-order valence-corrected chi connectivity index (χ1v) is 10.5. The summed E-state index contributed by atoms with van der Waals surface area (Å²) in [5.74, 6) is -0.644. The Bertz CT molecular complexity index is 1240. The van der Waals surface area contributed by atoms with Crippen LogP contribution in [0, 0.1) is 6.92 Å². The molecule has 0 atom stereocenters. The lowest BCUT2D eigenvalue weighted by molar-refractivity contribution is -0.115. The minimum Gasteiger partial charge on any atom is -0.319 e. The molecule has 160 valence electrons. The number of carbonyl (C=O) groups is 2. The number of nitrogens with zero attached hydrogens (tertiary/aromatic N) is 3. The molecule has 0 fully saturated rings. The van der Waals surface area contributed by atoms with E-state index < -0.39 is 5.91 Å². The van der Waals surface area contributed by atoms with Gasteiger partial charge in [-0.05, 0) is 31.2 Å². The van der Waals surface area contributed by atoms with Crippen molar-refractivity contribution in [2.45, 2.75) is 13.3 Å². The standard InChI is InChI=1S/C20H15Cl2N5O2S.ClH/c1-11-15(10-16(28)26-20-23-7-9-30-20)27-8-3-6-14(18(27)24-11)25-19(29)17-12(21)4-2-5-13(17)22;/h2-9H,10H2,1H3,(H,25,29)(H,23,26,28);1H. The number of halogens is 3.